The van der Waals surface area contributed by atoms with Crippen molar-refractivity contribution in [1.29, 1.82) is 0 Å². The van der Waals surface area contributed by atoms with Crippen molar-refractivity contribution in [2.75, 3.05) is 39.3 Å². The van der Waals surface area contributed by atoms with Gasteiger partial charge in [-0.05, 0) is 51.9 Å². The Bertz CT molecular complexity index is 235. The van der Waals surface area contributed by atoms with E-state index >= 15 is 0 Å². The maximum atomic E-state index is 11.6. The lowest BCUT2D eigenvalue weighted by Crippen LogP contribution is -2.47. The van der Waals surface area contributed by atoms with Crippen molar-refractivity contribution in [1.82, 2.24) is 20.9 Å². The summed E-state index contributed by atoms with van der Waals surface area (Å²) in [4.78, 5) is 14.0. The highest BCUT2D eigenvalue weighted by atomic mass is 16.2. The van der Waals surface area contributed by atoms with Crippen LogP contribution in [0.5, 0.6) is 0 Å². The summed E-state index contributed by atoms with van der Waals surface area (Å²) >= 11 is 0. The molecule has 2 amide bonds. The fourth-order valence-electron chi connectivity index (χ4n) is 2.54. The predicted octanol–water partition coefficient (Wildman–Crippen LogP) is 0.133. The summed E-state index contributed by atoms with van der Waals surface area (Å²) in [7, 11) is 0. The highest BCUT2D eigenvalue weighted by Gasteiger charge is 2.15. The summed E-state index contributed by atoms with van der Waals surface area (Å²) in [5.74, 6) is 0. The molecule has 5 nitrogen and oxygen atoms in total. The quantitative estimate of drug-likeness (QED) is 0.655. The van der Waals surface area contributed by atoms with E-state index < -0.39 is 0 Å². The monoisotopic (exact) mass is 240 g/mol. The van der Waals surface area contributed by atoms with Gasteiger partial charge in [-0.1, -0.05) is 0 Å². The molecule has 0 aromatic heterocycles. The number of carbonyl (C=O) groups excluding carboxylic acids is 1. The van der Waals surface area contributed by atoms with Crippen LogP contribution in [0.3, 0.4) is 0 Å². The Morgan fingerprint density at radius 1 is 1.24 bits per heavy atom. The fourth-order valence-corrected chi connectivity index (χ4v) is 2.54. The first-order chi connectivity index (χ1) is 8.34. The zero-order chi connectivity index (χ0) is 11.9. The van der Waals surface area contributed by atoms with E-state index in [2.05, 4.69) is 20.9 Å². The molecule has 98 valence electrons. The Morgan fingerprint density at radius 3 is 2.65 bits per heavy atom. The first kappa shape index (κ1) is 12.6. The molecule has 0 aliphatic carbocycles. The topological polar surface area (TPSA) is 56.4 Å². The predicted molar refractivity (Wildman–Crippen MR) is 68.1 cm³/mol. The molecule has 0 bridgehead atoms. The number of amides is 2. The molecule has 0 aromatic rings. The van der Waals surface area contributed by atoms with Gasteiger partial charge in [0.2, 0.25) is 0 Å². The Hall–Kier alpha value is -0.810. The Balaban J connectivity index is 1.53. The lowest BCUT2D eigenvalue weighted by atomic mass is 10.1. The van der Waals surface area contributed by atoms with Crippen molar-refractivity contribution in [3.05, 3.63) is 0 Å². The highest BCUT2D eigenvalue weighted by molar-refractivity contribution is 5.74. The number of rotatable bonds is 4. The van der Waals surface area contributed by atoms with E-state index in [1.807, 2.05) is 0 Å². The van der Waals surface area contributed by atoms with Crippen LogP contribution < -0.4 is 16.0 Å². The normalized spacial score (nSPS) is 22.6. The standard InChI is InChI=1S/C12H24N4O/c17-12(15-11-3-5-13-6-4-11)14-7-10-16-8-1-2-9-16/h11,13H,1-10H2,(H2,14,15,17). The molecule has 0 atom stereocenters. The molecule has 5 heteroatoms. The first-order valence-electron chi connectivity index (χ1n) is 6.82. The smallest absolute Gasteiger partial charge is 0.315 e. The molecule has 2 heterocycles. The largest absolute Gasteiger partial charge is 0.337 e. The zero-order valence-electron chi connectivity index (χ0n) is 10.5. The molecular formula is C12H24N4O. The summed E-state index contributed by atoms with van der Waals surface area (Å²) in [5.41, 5.74) is 0. The summed E-state index contributed by atoms with van der Waals surface area (Å²) in [6.45, 7) is 6.16. The number of likely N-dealkylation sites (tertiary alicyclic amines) is 1. The minimum atomic E-state index is -0.00361. The third kappa shape index (κ3) is 4.52. The Kier molecular flexibility index (Phi) is 5.07. The average molecular weight is 240 g/mol. The third-order valence-corrected chi connectivity index (χ3v) is 3.59. The Morgan fingerprint density at radius 2 is 1.94 bits per heavy atom. The number of urea groups is 1. The number of hydrogen-bond donors (Lipinski definition) is 3. The van der Waals surface area contributed by atoms with Crippen LogP contribution in [0.2, 0.25) is 0 Å². The molecule has 17 heavy (non-hydrogen) atoms. The van der Waals surface area contributed by atoms with Gasteiger partial charge >= 0.3 is 6.03 Å². The second kappa shape index (κ2) is 6.81. The van der Waals surface area contributed by atoms with Crippen LogP contribution in [-0.4, -0.2) is 56.2 Å². The van der Waals surface area contributed by atoms with Crippen LogP contribution in [0.1, 0.15) is 25.7 Å². The van der Waals surface area contributed by atoms with Crippen LogP contribution in [0, 0.1) is 0 Å². The second-order valence-electron chi connectivity index (χ2n) is 4.97. The molecule has 0 unspecified atom stereocenters. The van der Waals surface area contributed by atoms with Crippen molar-refractivity contribution in [3.8, 4) is 0 Å². The van der Waals surface area contributed by atoms with E-state index in [-0.39, 0.29) is 6.03 Å². The number of hydrogen-bond acceptors (Lipinski definition) is 3. The molecule has 2 rings (SSSR count). The van der Waals surface area contributed by atoms with E-state index in [0.717, 1.165) is 39.0 Å². The molecule has 3 N–H and O–H groups in total. The molecule has 0 radical (unpaired) electrons. The van der Waals surface area contributed by atoms with Gasteiger partial charge in [-0.25, -0.2) is 4.79 Å². The van der Waals surface area contributed by atoms with Gasteiger partial charge in [-0.3, -0.25) is 0 Å². The Labute approximate surface area is 103 Å². The summed E-state index contributed by atoms with van der Waals surface area (Å²) in [6.07, 6.45) is 4.70. The summed E-state index contributed by atoms with van der Waals surface area (Å²) < 4.78 is 0. The van der Waals surface area contributed by atoms with Crippen LogP contribution in [0.4, 0.5) is 4.79 Å². The zero-order valence-corrected chi connectivity index (χ0v) is 10.5. The van der Waals surface area contributed by atoms with Gasteiger partial charge in [0.15, 0.2) is 0 Å². The number of nitrogens with one attached hydrogen (secondary N) is 3. The molecule has 0 spiro atoms. The molecule has 0 saturated carbocycles. The van der Waals surface area contributed by atoms with Gasteiger partial charge in [-0.15, -0.1) is 0 Å². The van der Waals surface area contributed by atoms with Gasteiger partial charge in [0.1, 0.15) is 0 Å². The number of nitrogens with zero attached hydrogens (tertiary/aromatic N) is 1. The second-order valence-corrected chi connectivity index (χ2v) is 4.97. The van der Waals surface area contributed by atoms with Gasteiger partial charge in [0, 0.05) is 19.1 Å². The fraction of sp³-hybridized carbons (Fsp3) is 0.917. The molecule has 2 fully saturated rings. The lowest BCUT2D eigenvalue weighted by molar-refractivity contribution is 0.231. The molecular weight excluding hydrogens is 216 g/mol. The van der Waals surface area contributed by atoms with E-state index in [1.54, 1.807) is 0 Å². The molecule has 0 aromatic carbocycles. The van der Waals surface area contributed by atoms with Gasteiger partial charge in [0.05, 0.1) is 0 Å². The van der Waals surface area contributed by atoms with Gasteiger partial charge in [-0.2, -0.15) is 0 Å². The van der Waals surface area contributed by atoms with Crippen molar-refractivity contribution >= 4 is 6.03 Å². The minimum Gasteiger partial charge on any atom is -0.337 e. The van der Waals surface area contributed by atoms with E-state index in [4.69, 9.17) is 0 Å². The third-order valence-electron chi connectivity index (χ3n) is 3.59. The van der Waals surface area contributed by atoms with Crippen LogP contribution >= 0.6 is 0 Å². The summed E-state index contributed by atoms with van der Waals surface area (Å²) in [6, 6.07) is 0.346. The maximum absolute atomic E-state index is 11.6. The van der Waals surface area contributed by atoms with Crippen molar-refractivity contribution in [2.24, 2.45) is 0 Å². The maximum Gasteiger partial charge on any atom is 0.315 e. The molecule has 2 saturated heterocycles. The highest BCUT2D eigenvalue weighted by Crippen LogP contribution is 2.05. The first-order valence-corrected chi connectivity index (χ1v) is 6.82. The van der Waals surface area contributed by atoms with Crippen molar-refractivity contribution in [3.63, 3.8) is 0 Å². The SMILES string of the molecule is O=C(NCCN1CCCC1)NC1CCNCC1. The lowest BCUT2D eigenvalue weighted by Gasteiger charge is -2.24. The van der Waals surface area contributed by atoms with Gasteiger partial charge in [0.25, 0.3) is 0 Å². The van der Waals surface area contributed by atoms with Crippen LogP contribution in [-0.2, 0) is 0 Å². The van der Waals surface area contributed by atoms with E-state index in [1.165, 1.54) is 25.9 Å². The van der Waals surface area contributed by atoms with Crippen LogP contribution in [0.25, 0.3) is 0 Å². The minimum absolute atomic E-state index is 0.00361. The average Bonchev–Trinajstić information content (AvgIpc) is 2.83. The van der Waals surface area contributed by atoms with E-state index in [9.17, 15) is 4.79 Å². The van der Waals surface area contributed by atoms with Crippen LogP contribution in [0.15, 0.2) is 0 Å². The van der Waals surface area contributed by atoms with Crippen molar-refractivity contribution < 1.29 is 4.79 Å². The number of carbonyl (C=O) groups is 1. The molecule has 2 aliphatic rings. The van der Waals surface area contributed by atoms with E-state index in [0.29, 0.717) is 6.04 Å². The summed E-state index contributed by atoms with van der Waals surface area (Å²) in [5, 5.41) is 9.27. The van der Waals surface area contributed by atoms with Gasteiger partial charge < -0.3 is 20.9 Å². The van der Waals surface area contributed by atoms with Crippen molar-refractivity contribution in [2.45, 2.75) is 31.7 Å². The molecule has 2 aliphatic heterocycles. The number of piperidine rings is 1.